The van der Waals surface area contributed by atoms with Gasteiger partial charge in [0, 0.05) is 20.8 Å². The molecule has 0 bridgehead atoms. The molecule has 1 aliphatic heterocycles. The van der Waals surface area contributed by atoms with Gasteiger partial charge in [0.15, 0.2) is 0 Å². The number of ketones is 1. The predicted octanol–water partition coefficient (Wildman–Crippen LogP) is 6.59. The van der Waals surface area contributed by atoms with Crippen molar-refractivity contribution in [2.75, 3.05) is 12.0 Å². The van der Waals surface area contributed by atoms with Crippen molar-refractivity contribution in [3.05, 3.63) is 98.0 Å². The van der Waals surface area contributed by atoms with E-state index in [2.05, 4.69) is 0 Å². The summed E-state index contributed by atoms with van der Waals surface area (Å²) in [5, 5.41) is 12.3. The highest BCUT2D eigenvalue weighted by atomic mass is 35.5. The van der Waals surface area contributed by atoms with E-state index in [1.54, 1.807) is 30.3 Å². The van der Waals surface area contributed by atoms with Crippen molar-refractivity contribution in [3.63, 3.8) is 0 Å². The Morgan fingerprint density at radius 3 is 2.27 bits per heavy atom. The maximum atomic E-state index is 13.3. The summed E-state index contributed by atoms with van der Waals surface area (Å²) in [5.74, 6) is -1.76. The maximum Gasteiger partial charge on any atom is 0.300 e. The number of aliphatic hydroxyl groups is 1. The molecule has 1 atom stereocenters. The van der Waals surface area contributed by atoms with Crippen molar-refractivity contribution in [2.24, 2.45) is 0 Å². The van der Waals surface area contributed by atoms with Crippen LogP contribution in [0.2, 0.25) is 15.1 Å². The molecule has 1 unspecified atom stereocenters. The number of aryl methyl sites for hydroxylation is 1. The molecule has 168 valence electrons. The van der Waals surface area contributed by atoms with Gasteiger partial charge in [0.1, 0.15) is 11.5 Å². The molecule has 33 heavy (non-hydrogen) atoms. The van der Waals surface area contributed by atoms with E-state index in [-0.39, 0.29) is 11.1 Å². The molecule has 1 fully saturated rings. The van der Waals surface area contributed by atoms with Gasteiger partial charge in [-0.3, -0.25) is 14.5 Å². The van der Waals surface area contributed by atoms with Gasteiger partial charge in [-0.25, -0.2) is 0 Å². The molecule has 1 N–H and O–H groups in total. The van der Waals surface area contributed by atoms with Crippen LogP contribution in [-0.2, 0) is 9.59 Å². The van der Waals surface area contributed by atoms with Gasteiger partial charge < -0.3 is 9.84 Å². The summed E-state index contributed by atoms with van der Waals surface area (Å²) in [6.45, 7) is 1.89. The average Bonchev–Trinajstić information content (AvgIpc) is 3.03. The molecule has 5 nitrogen and oxygen atoms in total. The van der Waals surface area contributed by atoms with Gasteiger partial charge in [-0.1, -0.05) is 64.6 Å². The van der Waals surface area contributed by atoms with E-state index in [1.165, 1.54) is 24.1 Å². The number of Topliss-reactive ketones (excluding diaryl/α,β-unsaturated/α-hetero) is 1. The van der Waals surface area contributed by atoms with E-state index in [9.17, 15) is 14.7 Å². The molecule has 0 saturated carbocycles. The molecule has 1 heterocycles. The van der Waals surface area contributed by atoms with Crippen LogP contribution in [0.3, 0.4) is 0 Å². The van der Waals surface area contributed by atoms with Gasteiger partial charge in [0.2, 0.25) is 0 Å². The van der Waals surface area contributed by atoms with Gasteiger partial charge in [0.25, 0.3) is 11.7 Å². The monoisotopic (exact) mass is 501 g/mol. The number of hydrogen-bond donors (Lipinski definition) is 1. The standard InChI is InChI=1S/C25H18Cl3NO4/c1-13-4-3-5-14(8-13)22-21(23(30)19-12-15(26)6-7-20(19)33-2)24(31)25(32)29(22)18-10-16(27)9-17(28)11-18/h3-12,22,30H,1-2H3/b23-21+. The summed E-state index contributed by atoms with van der Waals surface area (Å²) >= 11 is 18.5. The van der Waals surface area contributed by atoms with Crippen molar-refractivity contribution in [3.8, 4) is 5.75 Å². The van der Waals surface area contributed by atoms with E-state index in [0.29, 0.717) is 32.1 Å². The molecule has 4 rings (SSSR count). The first-order valence-corrected chi connectivity index (χ1v) is 11.0. The molecule has 8 heteroatoms. The molecule has 0 aromatic heterocycles. The van der Waals surface area contributed by atoms with E-state index in [4.69, 9.17) is 39.5 Å². The number of hydrogen-bond acceptors (Lipinski definition) is 4. The fraction of sp³-hybridized carbons (Fsp3) is 0.120. The number of carbonyl (C=O) groups is 2. The molecular weight excluding hydrogens is 485 g/mol. The molecule has 0 radical (unpaired) electrons. The van der Waals surface area contributed by atoms with Crippen molar-refractivity contribution >= 4 is 57.9 Å². The minimum atomic E-state index is -0.928. The van der Waals surface area contributed by atoms with Crippen molar-refractivity contribution in [1.29, 1.82) is 0 Å². The Hall–Kier alpha value is -2.99. The number of anilines is 1. The molecule has 1 saturated heterocycles. The number of halogens is 3. The topological polar surface area (TPSA) is 66.8 Å². The number of nitrogens with zero attached hydrogens (tertiary/aromatic N) is 1. The number of carbonyl (C=O) groups excluding carboxylic acids is 2. The van der Waals surface area contributed by atoms with E-state index >= 15 is 0 Å². The van der Waals surface area contributed by atoms with Gasteiger partial charge >= 0.3 is 0 Å². The van der Waals surface area contributed by atoms with Crippen LogP contribution in [0.5, 0.6) is 5.75 Å². The molecular formula is C25H18Cl3NO4. The Kier molecular flexibility index (Phi) is 6.39. The van der Waals surface area contributed by atoms with Crippen LogP contribution in [0.25, 0.3) is 5.76 Å². The number of benzene rings is 3. The lowest BCUT2D eigenvalue weighted by Gasteiger charge is -2.26. The highest BCUT2D eigenvalue weighted by Gasteiger charge is 2.47. The summed E-state index contributed by atoms with van der Waals surface area (Å²) in [6, 6.07) is 15.7. The van der Waals surface area contributed by atoms with Gasteiger partial charge in [-0.2, -0.15) is 0 Å². The zero-order valence-corrected chi connectivity index (χ0v) is 19.9. The number of aliphatic hydroxyl groups excluding tert-OH is 1. The Morgan fingerprint density at radius 1 is 0.939 bits per heavy atom. The normalized spacial score (nSPS) is 17.5. The second kappa shape index (κ2) is 9.10. The first kappa shape index (κ1) is 23.2. The number of amides is 1. The van der Waals surface area contributed by atoms with Gasteiger partial charge in [-0.05, 0) is 48.9 Å². The lowest BCUT2D eigenvalue weighted by molar-refractivity contribution is -0.132. The van der Waals surface area contributed by atoms with Gasteiger partial charge in [-0.15, -0.1) is 0 Å². The average molecular weight is 503 g/mol. The van der Waals surface area contributed by atoms with E-state index in [0.717, 1.165) is 5.56 Å². The lowest BCUT2D eigenvalue weighted by atomic mass is 9.94. The zero-order chi connectivity index (χ0) is 23.9. The van der Waals surface area contributed by atoms with Crippen LogP contribution in [-0.4, -0.2) is 23.9 Å². The molecule has 3 aromatic rings. The second-order valence-corrected chi connectivity index (χ2v) is 8.86. The fourth-order valence-corrected chi connectivity index (χ4v) is 4.63. The number of ether oxygens (including phenoxy) is 1. The van der Waals surface area contributed by atoms with E-state index in [1.807, 2.05) is 25.1 Å². The zero-order valence-electron chi connectivity index (χ0n) is 17.6. The third-order valence-electron chi connectivity index (χ3n) is 5.34. The van der Waals surface area contributed by atoms with Crippen LogP contribution in [0.4, 0.5) is 5.69 Å². The van der Waals surface area contributed by atoms with Crippen molar-refractivity contribution in [1.82, 2.24) is 0 Å². The molecule has 1 aliphatic rings. The Morgan fingerprint density at radius 2 is 1.64 bits per heavy atom. The minimum Gasteiger partial charge on any atom is -0.507 e. The summed E-state index contributed by atoms with van der Waals surface area (Å²) in [6.07, 6.45) is 0. The number of rotatable bonds is 4. The van der Waals surface area contributed by atoms with Crippen LogP contribution >= 0.6 is 34.8 Å². The lowest BCUT2D eigenvalue weighted by Crippen LogP contribution is -2.29. The fourth-order valence-electron chi connectivity index (χ4n) is 3.94. The molecule has 0 spiro atoms. The second-order valence-electron chi connectivity index (χ2n) is 7.56. The molecule has 3 aromatic carbocycles. The van der Waals surface area contributed by atoms with E-state index < -0.39 is 23.5 Å². The predicted molar refractivity (Wildman–Crippen MR) is 130 cm³/mol. The highest BCUT2D eigenvalue weighted by molar-refractivity contribution is 6.52. The van der Waals surface area contributed by atoms with Crippen LogP contribution in [0.15, 0.2) is 66.2 Å². The Balaban J connectivity index is 2.02. The molecule has 0 aliphatic carbocycles. The Bertz CT molecular complexity index is 1300. The SMILES string of the molecule is COc1ccc(Cl)cc1/C(O)=C1\C(=O)C(=O)N(c2cc(Cl)cc(Cl)c2)C1c1cccc(C)c1. The molecule has 1 amide bonds. The first-order chi connectivity index (χ1) is 15.7. The minimum absolute atomic E-state index is 0.0951. The van der Waals surface area contributed by atoms with Crippen molar-refractivity contribution < 1.29 is 19.4 Å². The summed E-state index contributed by atoms with van der Waals surface area (Å²) < 4.78 is 5.35. The third kappa shape index (κ3) is 4.32. The smallest absolute Gasteiger partial charge is 0.300 e. The van der Waals surface area contributed by atoms with Crippen LogP contribution in [0, 0.1) is 6.92 Å². The van der Waals surface area contributed by atoms with Crippen LogP contribution in [0.1, 0.15) is 22.7 Å². The summed E-state index contributed by atoms with van der Waals surface area (Å²) in [5.41, 5.74) is 1.99. The Labute approximate surface area is 205 Å². The van der Waals surface area contributed by atoms with Gasteiger partial charge in [0.05, 0.1) is 24.3 Å². The summed E-state index contributed by atoms with van der Waals surface area (Å²) in [7, 11) is 1.44. The largest absolute Gasteiger partial charge is 0.507 e. The highest BCUT2D eigenvalue weighted by Crippen LogP contribution is 2.44. The first-order valence-electron chi connectivity index (χ1n) is 9.89. The maximum absolute atomic E-state index is 13.3. The van der Waals surface area contributed by atoms with Crippen LogP contribution < -0.4 is 9.64 Å². The van der Waals surface area contributed by atoms with Crippen molar-refractivity contribution in [2.45, 2.75) is 13.0 Å². The summed E-state index contributed by atoms with van der Waals surface area (Å²) in [4.78, 5) is 27.8. The number of methoxy groups -OCH3 is 1. The quantitative estimate of drug-likeness (QED) is 0.248. The third-order valence-corrected chi connectivity index (χ3v) is 6.02.